The third-order valence-electron chi connectivity index (χ3n) is 2.44. The predicted octanol–water partition coefficient (Wildman–Crippen LogP) is 3.46. The van der Waals surface area contributed by atoms with Crippen molar-refractivity contribution in [2.45, 2.75) is 0 Å². The van der Waals surface area contributed by atoms with Crippen molar-refractivity contribution in [1.29, 1.82) is 0 Å². The van der Waals surface area contributed by atoms with Crippen molar-refractivity contribution >= 4 is 35.3 Å². The molecule has 0 aromatic heterocycles. The summed E-state index contributed by atoms with van der Waals surface area (Å²) in [5, 5.41) is 14.0. The Labute approximate surface area is 125 Å². The molecule has 0 bridgehead atoms. The fourth-order valence-corrected chi connectivity index (χ4v) is 1.94. The Kier molecular flexibility index (Phi) is 4.61. The maximum absolute atomic E-state index is 11.7. The lowest BCUT2D eigenvalue weighted by Crippen LogP contribution is -2.17. The number of phenolic OH excluding ortho intramolecular Hbond substituents is 1. The topological polar surface area (TPSA) is 61.7 Å². The molecule has 0 saturated carbocycles. The van der Waals surface area contributed by atoms with Crippen LogP contribution in [0.25, 0.3) is 0 Å². The molecular formula is C14H10Cl2N2O2. The molecule has 0 saturated heterocycles. The first kappa shape index (κ1) is 14.4. The van der Waals surface area contributed by atoms with Crippen LogP contribution in [0, 0.1) is 0 Å². The third-order valence-corrected chi connectivity index (χ3v) is 3.00. The number of hydrazone groups is 1. The van der Waals surface area contributed by atoms with Crippen LogP contribution in [0.3, 0.4) is 0 Å². The number of nitrogens with one attached hydrogen (secondary N) is 1. The zero-order chi connectivity index (χ0) is 14.5. The van der Waals surface area contributed by atoms with E-state index in [9.17, 15) is 9.90 Å². The van der Waals surface area contributed by atoms with Crippen LogP contribution >= 0.6 is 23.2 Å². The number of benzene rings is 2. The minimum Gasteiger partial charge on any atom is -0.508 e. The van der Waals surface area contributed by atoms with E-state index >= 15 is 0 Å². The summed E-state index contributed by atoms with van der Waals surface area (Å²) in [5.74, 6) is -0.412. The Morgan fingerprint density at radius 1 is 1.20 bits per heavy atom. The van der Waals surface area contributed by atoms with Gasteiger partial charge in [-0.25, -0.2) is 5.43 Å². The van der Waals surface area contributed by atoms with E-state index in [1.165, 1.54) is 18.3 Å². The summed E-state index contributed by atoms with van der Waals surface area (Å²) in [6.45, 7) is 0. The highest BCUT2D eigenvalue weighted by molar-refractivity contribution is 6.36. The number of carbonyl (C=O) groups excluding carboxylic acids is 1. The fraction of sp³-hybridized carbons (Fsp3) is 0. The van der Waals surface area contributed by atoms with Gasteiger partial charge in [0.1, 0.15) is 5.75 Å². The molecule has 0 aliphatic heterocycles. The molecule has 0 unspecified atom stereocenters. The first-order chi connectivity index (χ1) is 9.56. The molecule has 20 heavy (non-hydrogen) atoms. The average molecular weight is 309 g/mol. The number of nitrogens with zero attached hydrogens (tertiary/aromatic N) is 1. The highest BCUT2D eigenvalue weighted by Crippen LogP contribution is 2.19. The molecule has 0 fully saturated rings. The summed E-state index contributed by atoms with van der Waals surface area (Å²) in [7, 11) is 0. The van der Waals surface area contributed by atoms with Crippen molar-refractivity contribution in [2.75, 3.05) is 0 Å². The van der Waals surface area contributed by atoms with Crippen molar-refractivity contribution in [2.24, 2.45) is 5.10 Å². The van der Waals surface area contributed by atoms with E-state index < -0.39 is 5.91 Å². The van der Waals surface area contributed by atoms with Crippen LogP contribution < -0.4 is 5.43 Å². The Balaban J connectivity index is 2.04. The SMILES string of the molecule is O=C(NN=Cc1ccc(Cl)cc1Cl)c1cccc(O)c1. The molecule has 0 heterocycles. The number of phenols is 1. The van der Waals surface area contributed by atoms with E-state index in [0.29, 0.717) is 21.2 Å². The van der Waals surface area contributed by atoms with Gasteiger partial charge in [-0.3, -0.25) is 4.79 Å². The van der Waals surface area contributed by atoms with Crippen LogP contribution in [-0.4, -0.2) is 17.2 Å². The van der Waals surface area contributed by atoms with Gasteiger partial charge in [-0.1, -0.05) is 35.3 Å². The van der Waals surface area contributed by atoms with Gasteiger partial charge in [-0.05, 0) is 30.3 Å². The minimum atomic E-state index is -0.428. The normalized spacial score (nSPS) is 10.7. The van der Waals surface area contributed by atoms with Crippen molar-refractivity contribution < 1.29 is 9.90 Å². The van der Waals surface area contributed by atoms with E-state index in [4.69, 9.17) is 23.2 Å². The first-order valence-electron chi connectivity index (χ1n) is 5.64. The zero-order valence-electron chi connectivity index (χ0n) is 10.2. The van der Waals surface area contributed by atoms with Gasteiger partial charge >= 0.3 is 0 Å². The number of hydrogen-bond donors (Lipinski definition) is 2. The van der Waals surface area contributed by atoms with Gasteiger partial charge < -0.3 is 5.11 Å². The molecular weight excluding hydrogens is 299 g/mol. The summed E-state index contributed by atoms with van der Waals surface area (Å²) >= 11 is 11.7. The van der Waals surface area contributed by atoms with Crippen LogP contribution in [0.1, 0.15) is 15.9 Å². The standard InChI is InChI=1S/C14H10Cl2N2O2/c15-11-5-4-10(13(16)7-11)8-17-18-14(20)9-2-1-3-12(19)6-9/h1-8,19H,(H,18,20). The molecule has 0 aliphatic carbocycles. The van der Waals surface area contributed by atoms with Gasteiger partial charge in [0.15, 0.2) is 0 Å². The predicted molar refractivity (Wildman–Crippen MR) is 79.6 cm³/mol. The number of aromatic hydroxyl groups is 1. The van der Waals surface area contributed by atoms with Crippen LogP contribution in [0.2, 0.25) is 10.0 Å². The average Bonchev–Trinajstić information content (AvgIpc) is 2.41. The zero-order valence-corrected chi connectivity index (χ0v) is 11.7. The Hall–Kier alpha value is -2.04. The van der Waals surface area contributed by atoms with Crippen molar-refractivity contribution in [1.82, 2.24) is 5.43 Å². The number of rotatable bonds is 3. The molecule has 2 aromatic carbocycles. The maximum atomic E-state index is 11.7. The van der Waals surface area contributed by atoms with Gasteiger partial charge in [0.2, 0.25) is 0 Å². The van der Waals surface area contributed by atoms with Gasteiger partial charge in [-0.15, -0.1) is 0 Å². The van der Waals surface area contributed by atoms with E-state index in [2.05, 4.69) is 10.5 Å². The second-order valence-electron chi connectivity index (χ2n) is 3.92. The Morgan fingerprint density at radius 2 is 2.00 bits per heavy atom. The Morgan fingerprint density at radius 3 is 2.70 bits per heavy atom. The Bertz CT molecular complexity index is 672. The maximum Gasteiger partial charge on any atom is 0.271 e. The fourth-order valence-electron chi connectivity index (χ4n) is 1.48. The monoisotopic (exact) mass is 308 g/mol. The quantitative estimate of drug-likeness (QED) is 0.674. The third kappa shape index (κ3) is 3.73. The molecule has 6 heteroatoms. The van der Waals surface area contributed by atoms with E-state index in [0.717, 1.165) is 0 Å². The van der Waals surface area contributed by atoms with Gasteiger partial charge in [0.25, 0.3) is 5.91 Å². The summed E-state index contributed by atoms with van der Waals surface area (Å²) < 4.78 is 0. The van der Waals surface area contributed by atoms with Crippen molar-refractivity contribution in [3.63, 3.8) is 0 Å². The van der Waals surface area contributed by atoms with Crippen LogP contribution in [0.4, 0.5) is 0 Å². The van der Waals surface area contributed by atoms with Crippen LogP contribution in [0.5, 0.6) is 5.75 Å². The van der Waals surface area contributed by atoms with Crippen molar-refractivity contribution in [3.05, 3.63) is 63.6 Å². The molecule has 2 N–H and O–H groups in total. The molecule has 2 aromatic rings. The summed E-state index contributed by atoms with van der Waals surface area (Å²) in [6, 6.07) is 10.9. The van der Waals surface area contributed by atoms with Gasteiger partial charge in [0.05, 0.1) is 11.2 Å². The lowest BCUT2D eigenvalue weighted by atomic mass is 10.2. The summed E-state index contributed by atoms with van der Waals surface area (Å²) in [4.78, 5) is 11.7. The number of halogens is 2. The smallest absolute Gasteiger partial charge is 0.271 e. The molecule has 0 spiro atoms. The molecule has 4 nitrogen and oxygen atoms in total. The molecule has 0 aliphatic rings. The second kappa shape index (κ2) is 6.41. The molecule has 1 amide bonds. The molecule has 102 valence electrons. The lowest BCUT2D eigenvalue weighted by Gasteiger charge is -2.01. The second-order valence-corrected chi connectivity index (χ2v) is 4.76. The summed E-state index contributed by atoms with van der Waals surface area (Å²) in [6.07, 6.45) is 1.42. The van der Waals surface area contributed by atoms with E-state index in [1.54, 1.807) is 30.3 Å². The number of carbonyl (C=O) groups is 1. The number of hydrogen-bond acceptors (Lipinski definition) is 3. The van der Waals surface area contributed by atoms with Crippen LogP contribution in [-0.2, 0) is 0 Å². The van der Waals surface area contributed by atoms with E-state index in [1.807, 2.05) is 0 Å². The molecule has 0 radical (unpaired) electrons. The summed E-state index contributed by atoms with van der Waals surface area (Å²) in [5.41, 5.74) is 3.29. The number of amides is 1. The van der Waals surface area contributed by atoms with Crippen molar-refractivity contribution in [3.8, 4) is 5.75 Å². The van der Waals surface area contributed by atoms with Gasteiger partial charge in [0, 0.05) is 16.1 Å². The largest absolute Gasteiger partial charge is 0.508 e. The lowest BCUT2D eigenvalue weighted by molar-refractivity contribution is 0.0954. The minimum absolute atomic E-state index is 0.0161. The molecule has 0 atom stereocenters. The van der Waals surface area contributed by atoms with Gasteiger partial charge in [-0.2, -0.15) is 5.10 Å². The first-order valence-corrected chi connectivity index (χ1v) is 6.39. The van der Waals surface area contributed by atoms with E-state index in [-0.39, 0.29) is 5.75 Å². The highest BCUT2D eigenvalue weighted by Gasteiger charge is 2.04. The highest BCUT2D eigenvalue weighted by atomic mass is 35.5. The van der Waals surface area contributed by atoms with Crippen LogP contribution in [0.15, 0.2) is 47.6 Å². The molecule has 2 rings (SSSR count).